The normalized spacial score (nSPS) is 13.7. The van der Waals surface area contributed by atoms with E-state index >= 15 is 0 Å². The van der Waals surface area contributed by atoms with Crippen molar-refractivity contribution in [2.45, 2.75) is 66.2 Å². The second kappa shape index (κ2) is 12.4. The molecule has 1 aromatic heterocycles. The van der Waals surface area contributed by atoms with Crippen molar-refractivity contribution in [3.63, 3.8) is 0 Å². The van der Waals surface area contributed by atoms with E-state index in [4.69, 9.17) is 0 Å². The molecule has 63 heavy (non-hydrogen) atoms. The van der Waals surface area contributed by atoms with Crippen molar-refractivity contribution < 1.29 is 0 Å². The van der Waals surface area contributed by atoms with Crippen LogP contribution in [0.15, 0.2) is 152 Å². The zero-order valence-corrected chi connectivity index (χ0v) is 37.4. The van der Waals surface area contributed by atoms with Crippen LogP contribution < -0.4 is 15.8 Å². The molecule has 0 bridgehead atoms. The molecule has 2 aliphatic rings. The van der Waals surface area contributed by atoms with Crippen LogP contribution in [0.5, 0.6) is 0 Å². The van der Waals surface area contributed by atoms with E-state index < -0.39 is 0 Å². The Labute approximate surface area is 369 Å². The molecule has 11 aromatic rings. The summed E-state index contributed by atoms with van der Waals surface area (Å²) in [5.41, 5.74) is 17.0. The number of anilines is 3. The van der Waals surface area contributed by atoms with E-state index in [0.29, 0.717) is 0 Å². The molecule has 2 aliphatic heterocycles. The Hall–Kier alpha value is -6.84. The van der Waals surface area contributed by atoms with Crippen LogP contribution in [-0.4, -0.2) is 11.3 Å². The molecule has 3 heterocycles. The number of hydrogen-bond donors (Lipinski definition) is 0. The average Bonchev–Trinajstić information content (AvgIpc) is 3.64. The monoisotopic (exact) mass is 808 g/mol. The van der Waals surface area contributed by atoms with Gasteiger partial charge in [0.2, 0.25) is 0 Å². The molecular formula is C60H49BN2. The average molecular weight is 809 g/mol. The standard InChI is InChI=1S/C60H49BN2/c1-34-42-20-15-16-21-43(42)35(2)48-33-52-50(32-47(34)48)61-57-53(62(52)41-30-39(59(3,4)5)29-40(31-41)60(6,7)8)28-38-19-11-13-23-45(38)54(57)49-27-37-18-10-14-24-46(37)56-55-44-22-12-9-17-36(44)25-26-51(55)63(61)58(49)56/h9-33H,1-8H3. The lowest BCUT2D eigenvalue weighted by Crippen LogP contribution is -2.56. The van der Waals surface area contributed by atoms with E-state index in [-0.39, 0.29) is 17.7 Å². The third-order valence-corrected chi connectivity index (χ3v) is 14.9. The molecule has 13 rings (SSSR count). The highest BCUT2D eigenvalue weighted by atomic mass is 15.2. The highest BCUT2D eigenvalue weighted by Crippen LogP contribution is 2.52. The number of aromatic nitrogens is 1. The van der Waals surface area contributed by atoms with Gasteiger partial charge >= 0.3 is 6.85 Å². The first kappa shape index (κ1) is 36.8. The lowest BCUT2D eigenvalue weighted by atomic mass is 9.44. The summed E-state index contributed by atoms with van der Waals surface area (Å²) in [6, 6.07) is 58.6. The Morgan fingerprint density at radius 1 is 0.444 bits per heavy atom. The molecule has 0 unspecified atom stereocenters. The molecule has 0 radical (unpaired) electrons. The van der Waals surface area contributed by atoms with Gasteiger partial charge in [-0.1, -0.05) is 157 Å². The summed E-state index contributed by atoms with van der Waals surface area (Å²) in [5.74, 6) is 0. The Bertz CT molecular complexity index is 3820. The molecule has 0 fully saturated rings. The van der Waals surface area contributed by atoms with Crippen LogP contribution in [0.25, 0.3) is 86.8 Å². The number of nitrogens with zero attached hydrogens (tertiary/aromatic N) is 2. The van der Waals surface area contributed by atoms with Gasteiger partial charge in [-0.15, -0.1) is 0 Å². The molecule has 0 amide bonds. The minimum absolute atomic E-state index is 0.0472. The Morgan fingerprint density at radius 3 is 1.62 bits per heavy atom. The smallest absolute Gasteiger partial charge is 0.333 e. The number of benzene rings is 10. The second-order valence-corrected chi connectivity index (χ2v) is 20.6. The minimum Gasteiger partial charge on any atom is -0.375 e. The maximum absolute atomic E-state index is 2.76. The summed E-state index contributed by atoms with van der Waals surface area (Å²) >= 11 is 0. The molecule has 0 spiro atoms. The van der Waals surface area contributed by atoms with E-state index in [1.807, 2.05) is 0 Å². The van der Waals surface area contributed by atoms with E-state index in [0.717, 1.165) is 0 Å². The van der Waals surface area contributed by atoms with Crippen LogP contribution in [0, 0.1) is 13.8 Å². The molecule has 0 saturated heterocycles. The minimum atomic E-state index is -0.0795. The zero-order chi connectivity index (χ0) is 42.8. The molecule has 10 aromatic carbocycles. The van der Waals surface area contributed by atoms with Gasteiger partial charge in [0.1, 0.15) is 0 Å². The maximum atomic E-state index is 2.76. The first-order valence-electron chi connectivity index (χ1n) is 22.7. The van der Waals surface area contributed by atoms with Crippen LogP contribution in [0.3, 0.4) is 0 Å². The molecular weight excluding hydrogens is 759 g/mol. The summed E-state index contributed by atoms with van der Waals surface area (Å²) in [4.78, 5) is 2.66. The van der Waals surface area contributed by atoms with E-state index in [9.17, 15) is 0 Å². The maximum Gasteiger partial charge on any atom is 0.333 e. The largest absolute Gasteiger partial charge is 0.375 e. The van der Waals surface area contributed by atoms with Crippen LogP contribution in [-0.2, 0) is 10.8 Å². The highest BCUT2D eigenvalue weighted by Gasteiger charge is 2.44. The van der Waals surface area contributed by atoms with Crippen LogP contribution in [0.2, 0.25) is 0 Å². The summed E-state index contributed by atoms with van der Waals surface area (Å²) < 4.78 is 2.76. The Balaban J connectivity index is 1.29. The molecule has 2 nitrogen and oxygen atoms in total. The predicted octanol–water partition coefficient (Wildman–Crippen LogP) is 15.2. The van der Waals surface area contributed by atoms with Gasteiger partial charge in [0.25, 0.3) is 0 Å². The Kier molecular flexibility index (Phi) is 7.25. The summed E-state index contributed by atoms with van der Waals surface area (Å²) in [6.07, 6.45) is 0. The summed E-state index contributed by atoms with van der Waals surface area (Å²) in [7, 11) is 0. The van der Waals surface area contributed by atoms with Gasteiger partial charge < -0.3 is 9.38 Å². The van der Waals surface area contributed by atoms with Gasteiger partial charge in [0.05, 0.1) is 0 Å². The van der Waals surface area contributed by atoms with Gasteiger partial charge in [-0.05, 0) is 154 Å². The van der Waals surface area contributed by atoms with Gasteiger partial charge in [0, 0.05) is 44.4 Å². The third-order valence-electron chi connectivity index (χ3n) is 14.9. The molecule has 0 N–H and O–H groups in total. The summed E-state index contributed by atoms with van der Waals surface area (Å²) in [6.45, 7) is 18.7. The number of fused-ring (bicyclic) bond motifs is 15. The quantitative estimate of drug-likeness (QED) is 0.118. The fraction of sp³-hybridized carbons (Fsp3) is 0.167. The van der Waals surface area contributed by atoms with E-state index in [1.54, 1.807) is 0 Å². The van der Waals surface area contributed by atoms with Gasteiger partial charge in [-0.2, -0.15) is 0 Å². The van der Waals surface area contributed by atoms with Crippen molar-refractivity contribution in [3.8, 4) is 11.1 Å². The van der Waals surface area contributed by atoms with Gasteiger partial charge in [0.15, 0.2) is 0 Å². The van der Waals surface area contributed by atoms with Gasteiger partial charge in [-0.25, -0.2) is 0 Å². The topological polar surface area (TPSA) is 8.17 Å². The lowest BCUT2D eigenvalue weighted by Gasteiger charge is -2.42. The molecule has 0 saturated carbocycles. The van der Waals surface area contributed by atoms with Crippen molar-refractivity contribution in [1.82, 2.24) is 4.48 Å². The fourth-order valence-electron chi connectivity index (χ4n) is 11.7. The summed E-state index contributed by atoms with van der Waals surface area (Å²) in [5, 5.41) is 15.7. The van der Waals surface area contributed by atoms with E-state index in [1.165, 1.54) is 137 Å². The molecule has 3 heteroatoms. The highest BCUT2D eigenvalue weighted by molar-refractivity contribution is 6.90. The zero-order valence-electron chi connectivity index (χ0n) is 37.4. The fourth-order valence-corrected chi connectivity index (χ4v) is 11.7. The van der Waals surface area contributed by atoms with Crippen molar-refractivity contribution in [2.24, 2.45) is 0 Å². The number of hydrogen-bond acceptors (Lipinski definition) is 1. The van der Waals surface area contributed by atoms with Crippen LogP contribution >= 0.6 is 0 Å². The first-order chi connectivity index (χ1) is 30.4. The van der Waals surface area contributed by atoms with Crippen molar-refractivity contribution in [2.75, 3.05) is 4.90 Å². The number of rotatable bonds is 1. The molecule has 302 valence electrons. The third kappa shape index (κ3) is 4.91. The van der Waals surface area contributed by atoms with Gasteiger partial charge in [-0.3, -0.25) is 0 Å². The lowest BCUT2D eigenvalue weighted by molar-refractivity contribution is 0.569. The molecule has 0 atom stereocenters. The Morgan fingerprint density at radius 2 is 0.984 bits per heavy atom. The van der Waals surface area contributed by atoms with Crippen LogP contribution in [0.4, 0.5) is 17.1 Å². The second-order valence-electron chi connectivity index (χ2n) is 20.6. The number of aryl methyl sites for hydroxylation is 2. The molecule has 0 aliphatic carbocycles. The van der Waals surface area contributed by atoms with Crippen molar-refractivity contribution in [3.05, 3.63) is 174 Å². The predicted molar refractivity (Wildman–Crippen MR) is 274 cm³/mol. The van der Waals surface area contributed by atoms with Crippen LogP contribution in [0.1, 0.15) is 63.8 Å². The SMILES string of the molecule is Cc1c2ccccc2c(C)c2cc3c(cc12)B1c2c(cc4ccccc4c2-c2cc4ccccc4c4c5c6ccccc6ccc5n1c24)N3c1cc(C(C)(C)C)cc(C(C)(C)C)c1. The first-order valence-corrected chi connectivity index (χ1v) is 22.7. The van der Waals surface area contributed by atoms with Crippen molar-refractivity contribution >= 4 is 111 Å². The van der Waals surface area contributed by atoms with Crippen molar-refractivity contribution in [1.29, 1.82) is 0 Å². The van der Waals surface area contributed by atoms with E-state index in [2.05, 4.69) is 216 Å².